The van der Waals surface area contributed by atoms with Crippen LogP contribution in [0.25, 0.3) is 5.57 Å². The lowest BCUT2D eigenvalue weighted by atomic mass is 9.98. The monoisotopic (exact) mass is 321 g/mol. The van der Waals surface area contributed by atoms with Crippen LogP contribution in [0, 0.1) is 28.1 Å². The average Bonchev–Trinajstić information content (AvgIpc) is 2.62. The lowest BCUT2D eigenvalue weighted by Crippen LogP contribution is -2.05. The molecule has 0 unspecified atom stereocenters. The van der Waals surface area contributed by atoms with Crippen molar-refractivity contribution in [3.05, 3.63) is 53.1 Å². The lowest BCUT2D eigenvalue weighted by molar-refractivity contribution is -0.138. The number of benzene rings is 1. The topological polar surface area (TPSA) is 107 Å². The van der Waals surface area contributed by atoms with Crippen molar-refractivity contribution in [1.29, 1.82) is 15.9 Å². The van der Waals surface area contributed by atoms with Crippen molar-refractivity contribution in [3.63, 3.8) is 0 Å². The summed E-state index contributed by atoms with van der Waals surface area (Å²) >= 11 is 0. The van der Waals surface area contributed by atoms with Gasteiger partial charge in [-0.15, -0.1) is 0 Å². The van der Waals surface area contributed by atoms with Crippen LogP contribution in [0.1, 0.15) is 12.5 Å². The minimum Gasteiger partial charge on any atom is -0.497 e. The highest BCUT2D eigenvalue weighted by atomic mass is 16.5. The van der Waals surface area contributed by atoms with Gasteiger partial charge in [-0.25, -0.2) is 4.79 Å². The van der Waals surface area contributed by atoms with Gasteiger partial charge in [0.2, 0.25) is 0 Å². The highest BCUT2D eigenvalue weighted by molar-refractivity contribution is 5.96. The van der Waals surface area contributed by atoms with E-state index in [-0.39, 0.29) is 17.8 Å². The number of nitriles is 2. The smallest absolute Gasteiger partial charge is 0.348 e. The van der Waals surface area contributed by atoms with Crippen LogP contribution in [0.3, 0.4) is 0 Å². The SMILES string of the molecule is CCOC(=O)/C(C#N)=C/C=C(/C(=C=N)C#N)c1ccc(OC)cc1. The Morgan fingerprint density at radius 2 is 1.88 bits per heavy atom. The molecule has 0 fully saturated rings. The Bertz CT molecular complexity index is 799. The fourth-order valence-electron chi connectivity index (χ4n) is 1.78. The molecule has 0 saturated carbocycles. The quantitative estimate of drug-likeness (QED) is 0.285. The molecule has 1 aromatic rings. The molecule has 24 heavy (non-hydrogen) atoms. The minimum absolute atomic E-state index is 0.0300. The van der Waals surface area contributed by atoms with Crippen LogP contribution < -0.4 is 4.74 Å². The second-order valence-corrected chi connectivity index (χ2v) is 4.33. The van der Waals surface area contributed by atoms with E-state index in [4.69, 9.17) is 25.4 Å². The molecule has 0 heterocycles. The number of hydrogen-bond donors (Lipinski definition) is 1. The van der Waals surface area contributed by atoms with Crippen molar-refractivity contribution in [2.45, 2.75) is 6.92 Å². The average molecular weight is 321 g/mol. The van der Waals surface area contributed by atoms with E-state index < -0.39 is 5.97 Å². The van der Waals surface area contributed by atoms with E-state index >= 15 is 0 Å². The molecular weight excluding hydrogens is 306 g/mol. The summed E-state index contributed by atoms with van der Waals surface area (Å²) in [4.78, 5) is 11.6. The Hall–Kier alpha value is -3.60. The van der Waals surface area contributed by atoms with Gasteiger partial charge in [0.05, 0.1) is 13.7 Å². The van der Waals surface area contributed by atoms with E-state index in [1.54, 1.807) is 37.3 Å². The number of nitrogens with one attached hydrogen (secondary N) is 1. The van der Waals surface area contributed by atoms with Gasteiger partial charge in [-0.05, 0) is 36.6 Å². The summed E-state index contributed by atoms with van der Waals surface area (Å²) in [5, 5.41) is 25.4. The van der Waals surface area contributed by atoms with Gasteiger partial charge in [-0.1, -0.05) is 18.2 Å². The third kappa shape index (κ3) is 4.71. The van der Waals surface area contributed by atoms with E-state index in [1.807, 2.05) is 6.07 Å². The molecule has 0 saturated heterocycles. The summed E-state index contributed by atoms with van der Waals surface area (Å²) in [5.74, 6) is 1.94. The molecule has 0 atom stereocenters. The van der Waals surface area contributed by atoms with Gasteiger partial charge >= 0.3 is 5.97 Å². The van der Waals surface area contributed by atoms with Crippen LogP contribution in [-0.2, 0) is 9.53 Å². The molecule has 0 aliphatic carbocycles. The first kappa shape index (κ1) is 18.4. The predicted octanol–water partition coefficient (Wildman–Crippen LogP) is 2.79. The number of esters is 1. The standard InChI is InChI=1S/C18H15N3O3/c1-3-24-18(22)14(10-19)6-9-17(15(11-20)12-21)13-4-7-16(23-2)8-5-13/h4-9,20H,3H2,1-2H3/b14-6+,17-9+. The van der Waals surface area contributed by atoms with Crippen molar-refractivity contribution < 1.29 is 14.3 Å². The molecule has 1 rings (SSSR count). The normalized spacial score (nSPS) is 10.8. The molecule has 0 amide bonds. The summed E-state index contributed by atoms with van der Waals surface area (Å²) in [6.07, 6.45) is 2.67. The first-order chi connectivity index (χ1) is 11.6. The lowest BCUT2D eigenvalue weighted by Gasteiger charge is -2.06. The van der Waals surface area contributed by atoms with Gasteiger partial charge < -0.3 is 9.47 Å². The highest BCUT2D eigenvalue weighted by Crippen LogP contribution is 2.24. The molecule has 0 aliphatic rings. The van der Waals surface area contributed by atoms with Gasteiger partial charge in [-0.3, -0.25) is 5.41 Å². The van der Waals surface area contributed by atoms with Gasteiger partial charge in [-0.2, -0.15) is 10.5 Å². The molecule has 6 heteroatoms. The van der Waals surface area contributed by atoms with E-state index in [2.05, 4.69) is 5.87 Å². The van der Waals surface area contributed by atoms with E-state index in [0.717, 1.165) is 0 Å². The largest absolute Gasteiger partial charge is 0.497 e. The number of carbonyl (C=O) groups is 1. The minimum atomic E-state index is -0.748. The number of rotatable bonds is 6. The van der Waals surface area contributed by atoms with Crippen LogP contribution in [0.4, 0.5) is 0 Å². The zero-order chi connectivity index (χ0) is 17.9. The second-order valence-electron chi connectivity index (χ2n) is 4.33. The summed E-state index contributed by atoms with van der Waals surface area (Å²) in [7, 11) is 1.53. The van der Waals surface area contributed by atoms with E-state index in [9.17, 15) is 4.79 Å². The first-order valence-corrected chi connectivity index (χ1v) is 6.95. The second kappa shape index (κ2) is 9.42. The molecule has 120 valence electrons. The predicted molar refractivity (Wildman–Crippen MR) is 88.2 cm³/mol. The van der Waals surface area contributed by atoms with Gasteiger partial charge in [0.15, 0.2) is 0 Å². The summed E-state index contributed by atoms with van der Waals surface area (Å²) < 4.78 is 9.85. The zero-order valence-corrected chi connectivity index (χ0v) is 13.3. The maximum absolute atomic E-state index is 11.6. The molecule has 1 N–H and O–H groups in total. The van der Waals surface area contributed by atoms with Crippen LogP contribution in [-0.4, -0.2) is 25.6 Å². The number of ether oxygens (including phenoxy) is 2. The van der Waals surface area contributed by atoms with E-state index in [0.29, 0.717) is 16.9 Å². The Morgan fingerprint density at radius 3 is 2.33 bits per heavy atom. The van der Waals surface area contributed by atoms with E-state index in [1.165, 1.54) is 19.3 Å². The number of hydrogen-bond acceptors (Lipinski definition) is 6. The van der Waals surface area contributed by atoms with Crippen LogP contribution >= 0.6 is 0 Å². The number of nitrogens with zero attached hydrogens (tertiary/aromatic N) is 2. The van der Waals surface area contributed by atoms with Crippen molar-refractivity contribution in [2.75, 3.05) is 13.7 Å². The number of methoxy groups -OCH3 is 1. The van der Waals surface area contributed by atoms with Crippen LogP contribution in [0.15, 0.2) is 47.6 Å². The van der Waals surface area contributed by atoms with Crippen LogP contribution in [0.2, 0.25) is 0 Å². The van der Waals surface area contributed by atoms with Gasteiger partial charge in [0.25, 0.3) is 0 Å². The molecule has 0 radical (unpaired) electrons. The highest BCUT2D eigenvalue weighted by Gasteiger charge is 2.11. The third-order valence-electron chi connectivity index (χ3n) is 2.94. The molecule has 0 aromatic heterocycles. The molecule has 1 aromatic carbocycles. The fraction of sp³-hybridized carbons (Fsp3) is 0.167. The first-order valence-electron chi connectivity index (χ1n) is 6.95. The molecule has 0 spiro atoms. The molecule has 0 aliphatic heterocycles. The van der Waals surface area contributed by atoms with Gasteiger partial charge in [0.1, 0.15) is 29.0 Å². The summed E-state index contributed by atoms with van der Waals surface area (Å²) in [5.41, 5.74) is 0.736. The molecular formula is C18H15N3O3. The van der Waals surface area contributed by atoms with Gasteiger partial charge in [0, 0.05) is 5.57 Å². The Kier molecular flexibility index (Phi) is 7.24. The number of carbonyl (C=O) groups excluding carboxylic acids is 1. The number of allylic oxidation sites excluding steroid dienone is 4. The maximum atomic E-state index is 11.6. The molecule has 6 nitrogen and oxygen atoms in total. The summed E-state index contributed by atoms with van der Waals surface area (Å²) in [6.45, 7) is 1.79. The Balaban J connectivity index is 3.38. The van der Waals surface area contributed by atoms with Crippen molar-refractivity contribution in [1.82, 2.24) is 0 Å². The van der Waals surface area contributed by atoms with Crippen molar-refractivity contribution in [2.24, 2.45) is 0 Å². The van der Waals surface area contributed by atoms with Crippen LogP contribution in [0.5, 0.6) is 5.75 Å². The van der Waals surface area contributed by atoms with Crippen molar-refractivity contribution in [3.8, 4) is 17.9 Å². The van der Waals surface area contributed by atoms with Crippen molar-refractivity contribution >= 4 is 17.4 Å². The third-order valence-corrected chi connectivity index (χ3v) is 2.94. The Labute approximate surface area is 140 Å². The zero-order valence-electron chi connectivity index (χ0n) is 13.3. The summed E-state index contributed by atoms with van der Waals surface area (Å²) in [6, 6.07) is 10.4. The fourth-order valence-corrected chi connectivity index (χ4v) is 1.78. The maximum Gasteiger partial charge on any atom is 0.348 e. The Morgan fingerprint density at radius 1 is 1.21 bits per heavy atom. The molecule has 0 bridgehead atoms.